The van der Waals surface area contributed by atoms with Gasteiger partial charge in [0.25, 0.3) is 0 Å². The van der Waals surface area contributed by atoms with Gasteiger partial charge in [-0.2, -0.15) is 0 Å². The number of likely N-dealkylation sites (tertiary alicyclic amines) is 1. The summed E-state index contributed by atoms with van der Waals surface area (Å²) < 4.78 is 0. The molecule has 2 heteroatoms. The van der Waals surface area contributed by atoms with Gasteiger partial charge in [-0.3, -0.25) is 4.90 Å². The Morgan fingerprint density at radius 1 is 1.29 bits per heavy atom. The third-order valence-corrected chi connectivity index (χ3v) is 5.11. The number of piperidine rings is 1. The fraction of sp³-hybridized carbons (Fsp3) is 1.00. The van der Waals surface area contributed by atoms with Gasteiger partial charge in [-0.25, -0.2) is 0 Å². The van der Waals surface area contributed by atoms with Gasteiger partial charge in [-0.15, -0.1) is 0 Å². The van der Waals surface area contributed by atoms with Gasteiger partial charge < -0.3 is 5.73 Å². The molecule has 4 unspecified atom stereocenters. The first-order valence-corrected chi connectivity index (χ1v) is 7.42. The average molecular weight is 238 g/mol. The van der Waals surface area contributed by atoms with Crippen molar-refractivity contribution >= 4 is 0 Å². The summed E-state index contributed by atoms with van der Waals surface area (Å²) >= 11 is 0. The molecule has 0 bridgehead atoms. The quantitative estimate of drug-likeness (QED) is 0.801. The Morgan fingerprint density at radius 3 is 2.53 bits per heavy atom. The van der Waals surface area contributed by atoms with Crippen LogP contribution in [-0.2, 0) is 0 Å². The fourth-order valence-corrected chi connectivity index (χ4v) is 4.16. The van der Waals surface area contributed by atoms with E-state index in [1.807, 2.05) is 0 Å². The molecule has 0 spiro atoms. The average Bonchev–Trinajstić information content (AvgIpc) is 2.53. The highest BCUT2D eigenvalue weighted by molar-refractivity contribution is 4.95. The van der Waals surface area contributed by atoms with E-state index in [0.29, 0.717) is 11.5 Å². The van der Waals surface area contributed by atoms with Gasteiger partial charge in [-0.1, -0.05) is 34.1 Å². The van der Waals surface area contributed by atoms with E-state index in [1.54, 1.807) is 0 Å². The molecular weight excluding hydrogens is 208 g/mol. The zero-order valence-corrected chi connectivity index (χ0v) is 12.1. The number of nitrogens with two attached hydrogens (primary N) is 1. The molecule has 1 heterocycles. The monoisotopic (exact) mass is 238 g/mol. The van der Waals surface area contributed by atoms with Crippen LogP contribution in [0.5, 0.6) is 0 Å². The van der Waals surface area contributed by atoms with Crippen LogP contribution >= 0.6 is 0 Å². The molecule has 1 saturated heterocycles. The van der Waals surface area contributed by atoms with Crippen molar-refractivity contribution in [1.29, 1.82) is 0 Å². The van der Waals surface area contributed by atoms with Crippen LogP contribution in [0.3, 0.4) is 0 Å². The van der Waals surface area contributed by atoms with Gasteiger partial charge in [0.1, 0.15) is 0 Å². The van der Waals surface area contributed by atoms with Crippen LogP contribution in [0.15, 0.2) is 0 Å². The highest BCUT2D eigenvalue weighted by Gasteiger charge is 2.41. The van der Waals surface area contributed by atoms with Gasteiger partial charge in [0.15, 0.2) is 0 Å². The van der Waals surface area contributed by atoms with Crippen LogP contribution in [0.25, 0.3) is 0 Å². The third kappa shape index (κ3) is 2.85. The topological polar surface area (TPSA) is 29.3 Å². The second kappa shape index (κ2) is 4.89. The lowest BCUT2D eigenvalue weighted by molar-refractivity contribution is 0.0873. The smallest absolute Gasteiger partial charge is 0.0126 e. The van der Waals surface area contributed by atoms with Crippen LogP contribution in [0.4, 0.5) is 0 Å². The summed E-state index contributed by atoms with van der Waals surface area (Å²) in [6.07, 6.45) is 5.20. The number of hydrogen-bond acceptors (Lipinski definition) is 2. The Morgan fingerprint density at radius 2 is 2.00 bits per heavy atom. The summed E-state index contributed by atoms with van der Waals surface area (Å²) in [5, 5.41) is 0. The molecule has 2 N–H and O–H groups in total. The fourth-order valence-electron chi connectivity index (χ4n) is 4.16. The zero-order valence-electron chi connectivity index (χ0n) is 12.1. The first kappa shape index (κ1) is 13.4. The van der Waals surface area contributed by atoms with Crippen LogP contribution < -0.4 is 5.73 Å². The summed E-state index contributed by atoms with van der Waals surface area (Å²) in [6.45, 7) is 12.0. The molecule has 0 aromatic heterocycles. The van der Waals surface area contributed by atoms with E-state index >= 15 is 0 Å². The summed E-state index contributed by atoms with van der Waals surface area (Å²) in [5.41, 5.74) is 6.76. The van der Waals surface area contributed by atoms with E-state index < -0.39 is 0 Å². The summed E-state index contributed by atoms with van der Waals surface area (Å²) in [4.78, 5) is 2.75. The minimum absolute atomic E-state index is 0.445. The standard InChI is InChI=1S/C15H30N2/c1-5-12-10-17(7-6-13(12)16)14-9-15(3,4)8-11(14)2/h11-14H,5-10,16H2,1-4H3. The molecule has 2 rings (SSSR count). The second-order valence-corrected chi connectivity index (χ2v) is 7.23. The van der Waals surface area contributed by atoms with Gasteiger partial charge >= 0.3 is 0 Å². The van der Waals surface area contributed by atoms with Crippen molar-refractivity contribution in [2.24, 2.45) is 23.0 Å². The summed E-state index contributed by atoms with van der Waals surface area (Å²) in [6, 6.07) is 1.26. The molecule has 0 radical (unpaired) electrons. The molecule has 0 aromatic carbocycles. The minimum atomic E-state index is 0.445. The first-order chi connectivity index (χ1) is 7.93. The number of nitrogens with zero attached hydrogens (tertiary/aromatic N) is 1. The van der Waals surface area contributed by atoms with Crippen molar-refractivity contribution in [3.8, 4) is 0 Å². The molecule has 0 aromatic rings. The van der Waals surface area contributed by atoms with Crippen LogP contribution in [-0.4, -0.2) is 30.1 Å². The maximum Gasteiger partial charge on any atom is 0.0126 e. The summed E-state index contributed by atoms with van der Waals surface area (Å²) in [5.74, 6) is 1.58. The van der Waals surface area contributed by atoms with Gasteiger partial charge in [0, 0.05) is 18.6 Å². The van der Waals surface area contributed by atoms with E-state index in [9.17, 15) is 0 Å². The normalized spacial score (nSPS) is 42.9. The third-order valence-electron chi connectivity index (χ3n) is 5.11. The molecule has 1 aliphatic heterocycles. The maximum absolute atomic E-state index is 6.21. The molecule has 17 heavy (non-hydrogen) atoms. The van der Waals surface area contributed by atoms with Crippen LogP contribution in [0.1, 0.15) is 53.4 Å². The van der Waals surface area contributed by atoms with Crippen molar-refractivity contribution < 1.29 is 0 Å². The first-order valence-electron chi connectivity index (χ1n) is 7.42. The van der Waals surface area contributed by atoms with E-state index in [2.05, 4.69) is 32.6 Å². The van der Waals surface area contributed by atoms with Gasteiger partial charge in [-0.05, 0) is 43.1 Å². The molecule has 2 aliphatic rings. The lowest BCUT2D eigenvalue weighted by Gasteiger charge is -2.41. The Bertz CT molecular complexity index is 262. The van der Waals surface area contributed by atoms with E-state index in [-0.39, 0.29) is 0 Å². The Kier molecular flexibility index (Phi) is 3.84. The van der Waals surface area contributed by atoms with Gasteiger partial charge in [0.05, 0.1) is 0 Å². The molecule has 2 nitrogen and oxygen atoms in total. The Balaban J connectivity index is 1.99. The maximum atomic E-state index is 6.21. The van der Waals surface area contributed by atoms with Crippen molar-refractivity contribution in [3.63, 3.8) is 0 Å². The van der Waals surface area contributed by atoms with E-state index in [0.717, 1.165) is 17.9 Å². The predicted octanol–water partition coefficient (Wildman–Crippen LogP) is 2.87. The Labute approximate surface area is 107 Å². The van der Waals surface area contributed by atoms with E-state index in [4.69, 9.17) is 5.73 Å². The summed E-state index contributed by atoms with van der Waals surface area (Å²) in [7, 11) is 0. The molecule has 4 atom stereocenters. The number of hydrogen-bond donors (Lipinski definition) is 1. The molecule has 100 valence electrons. The van der Waals surface area contributed by atoms with Crippen molar-refractivity contribution in [3.05, 3.63) is 0 Å². The highest BCUT2D eigenvalue weighted by Crippen LogP contribution is 2.44. The van der Waals surface area contributed by atoms with Crippen LogP contribution in [0, 0.1) is 17.3 Å². The lowest BCUT2D eigenvalue weighted by Crippen LogP contribution is -2.51. The molecule has 1 aliphatic carbocycles. The predicted molar refractivity (Wildman–Crippen MR) is 73.9 cm³/mol. The minimum Gasteiger partial charge on any atom is -0.327 e. The largest absolute Gasteiger partial charge is 0.327 e. The highest BCUT2D eigenvalue weighted by atomic mass is 15.2. The molecule has 0 amide bonds. The SMILES string of the molecule is CCC1CN(C2CC(C)(C)CC2C)CCC1N. The Hall–Kier alpha value is -0.0800. The van der Waals surface area contributed by atoms with Gasteiger partial charge in [0.2, 0.25) is 0 Å². The number of rotatable bonds is 2. The van der Waals surface area contributed by atoms with Crippen molar-refractivity contribution in [1.82, 2.24) is 4.90 Å². The molecule has 2 fully saturated rings. The van der Waals surface area contributed by atoms with Crippen molar-refractivity contribution in [2.75, 3.05) is 13.1 Å². The molecule has 1 saturated carbocycles. The van der Waals surface area contributed by atoms with E-state index in [1.165, 1.54) is 38.8 Å². The van der Waals surface area contributed by atoms with Crippen LogP contribution in [0.2, 0.25) is 0 Å². The molecular formula is C15H30N2. The lowest BCUT2D eigenvalue weighted by atomic mass is 9.88. The zero-order chi connectivity index (χ0) is 12.6. The van der Waals surface area contributed by atoms with Crippen molar-refractivity contribution in [2.45, 2.75) is 65.5 Å². The second-order valence-electron chi connectivity index (χ2n) is 7.23.